The van der Waals surface area contributed by atoms with Crippen molar-refractivity contribution in [3.8, 4) is 0 Å². The maximum Gasteiger partial charge on any atom is 0.0947 e. The van der Waals surface area contributed by atoms with Gasteiger partial charge in [-0.1, -0.05) is 30.4 Å². The van der Waals surface area contributed by atoms with E-state index in [-0.39, 0.29) is 0 Å². The third kappa shape index (κ3) is 4.47. The summed E-state index contributed by atoms with van der Waals surface area (Å²) >= 11 is 0. The van der Waals surface area contributed by atoms with Gasteiger partial charge in [-0.2, -0.15) is 0 Å². The molecule has 0 amide bonds. The normalized spacial score (nSPS) is 25.8. The fourth-order valence-corrected chi connectivity index (χ4v) is 1.48. The van der Waals surface area contributed by atoms with Crippen molar-refractivity contribution >= 4 is 0 Å². The lowest BCUT2D eigenvalue weighted by Gasteiger charge is -2.23. The minimum atomic E-state index is -0.464. The molecule has 0 aromatic rings. The van der Waals surface area contributed by atoms with Crippen LogP contribution in [0.4, 0.5) is 0 Å². The summed E-state index contributed by atoms with van der Waals surface area (Å²) in [6, 6.07) is 0. The van der Waals surface area contributed by atoms with Gasteiger partial charge in [-0.3, -0.25) is 0 Å². The van der Waals surface area contributed by atoms with Crippen LogP contribution in [0.5, 0.6) is 0 Å². The number of hydrogen-bond donors (Lipinski definition) is 1. The second kappa shape index (κ2) is 7.04. The molecule has 16 heavy (non-hydrogen) atoms. The average molecular weight is 221 g/mol. The van der Waals surface area contributed by atoms with Crippen molar-refractivity contribution < 1.29 is 9.84 Å². The van der Waals surface area contributed by atoms with E-state index >= 15 is 0 Å². The lowest BCUT2D eigenvalue weighted by molar-refractivity contribution is 0.0497. The van der Waals surface area contributed by atoms with Gasteiger partial charge in [-0.15, -0.1) is 0 Å². The highest BCUT2D eigenvalue weighted by atomic mass is 16.5. The van der Waals surface area contributed by atoms with Gasteiger partial charge in [-0.25, -0.2) is 0 Å². The Balaban J connectivity index is 2.55. The van der Waals surface area contributed by atoms with E-state index in [9.17, 15) is 5.11 Å². The molecule has 0 aliphatic heterocycles. The molecule has 1 aliphatic rings. The van der Waals surface area contributed by atoms with Crippen molar-refractivity contribution in [1.29, 1.82) is 0 Å². The number of likely N-dealkylation sites (N-methyl/N-ethyl adjacent to an activating group) is 1. The Bertz CT molecular complexity index is 316. The van der Waals surface area contributed by atoms with Gasteiger partial charge in [0.2, 0.25) is 0 Å². The molecule has 0 spiro atoms. The van der Waals surface area contributed by atoms with Gasteiger partial charge in [0.1, 0.15) is 0 Å². The Morgan fingerprint density at radius 2 is 1.94 bits per heavy atom. The first-order valence-electron chi connectivity index (χ1n) is 5.34. The Labute approximate surface area is 97.0 Å². The number of aliphatic hydroxyl groups excluding tert-OH is 1. The number of nitrogens with zero attached hydrogens (tertiary/aromatic N) is 1. The minimum absolute atomic E-state index is 0.358. The Hall–Kier alpha value is -1.32. The van der Waals surface area contributed by atoms with Crippen molar-refractivity contribution in [2.75, 3.05) is 27.3 Å². The first-order valence-corrected chi connectivity index (χ1v) is 5.34. The lowest BCUT2D eigenvalue weighted by Crippen LogP contribution is -2.31. The average Bonchev–Trinajstić information content (AvgIpc) is 2.16. The number of methoxy groups -OCH3 is 1. The van der Waals surface area contributed by atoms with E-state index in [1.165, 1.54) is 0 Å². The van der Waals surface area contributed by atoms with Crippen LogP contribution in [0.25, 0.3) is 0 Å². The second-order valence-corrected chi connectivity index (χ2v) is 3.71. The monoisotopic (exact) mass is 221 g/mol. The molecule has 0 bridgehead atoms. The highest BCUT2D eigenvalue weighted by molar-refractivity contribution is 5.29. The van der Waals surface area contributed by atoms with E-state index < -0.39 is 6.10 Å². The summed E-state index contributed by atoms with van der Waals surface area (Å²) in [6.07, 6.45) is 13.5. The molecule has 1 N–H and O–H groups in total. The summed E-state index contributed by atoms with van der Waals surface area (Å²) in [6.45, 7) is 0.915. The third-order valence-electron chi connectivity index (χ3n) is 2.26. The van der Waals surface area contributed by atoms with Crippen molar-refractivity contribution in [3.05, 3.63) is 48.2 Å². The molecule has 0 aromatic carbocycles. The molecule has 0 fully saturated rings. The molecule has 1 aliphatic carbocycles. The van der Waals surface area contributed by atoms with E-state index in [1.807, 2.05) is 54.5 Å². The van der Waals surface area contributed by atoms with Crippen molar-refractivity contribution in [3.63, 3.8) is 0 Å². The van der Waals surface area contributed by atoms with Crippen molar-refractivity contribution in [1.82, 2.24) is 4.90 Å². The van der Waals surface area contributed by atoms with E-state index in [0.717, 1.165) is 5.70 Å². The van der Waals surface area contributed by atoms with Crippen LogP contribution < -0.4 is 0 Å². The predicted molar refractivity (Wildman–Crippen MR) is 66.0 cm³/mol. The molecule has 0 aromatic heterocycles. The molecule has 0 saturated carbocycles. The molecule has 1 atom stereocenters. The largest absolute Gasteiger partial charge is 0.389 e. The zero-order valence-electron chi connectivity index (χ0n) is 9.84. The molecule has 3 nitrogen and oxygen atoms in total. The SMILES string of the molecule is COCC(O)CN(C)C1=C/C=C\C=C/C=C\1. The topological polar surface area (TPSA) is 32.7 Å². The molecule has 1 rings (SSSR count). The van der Waals surface area contributed by atoms with Gasteiger partial charge in [0.25, 0.3) is 0 Å². The van der Waals surface area contributed by atoms with Crippen LogP contribution >= 0.6 is 0 Å². The fourth-order valence-electron chi connectivity index (χ4n) is 1.48. The van der Waals surface area contributed by atoms with Crippen molar-refractivity contribution in [2.24, 2.45) is 0 Å². The van der Waals surface area contributed by atoms with Crippen LogP contribution in [0.1, 0.15) is 0 Å². The van der Waals surface area contributed by atoms with Crippen LogP contribution in [-0.4, -0.2) is 43.4 Å². The number of aliphatic hydroxyl groups is 1. The number of ether oxygens (including phenoxy) is 1. The van der Waals surface area contributed by atoms with E-state index in [2.05, 4.69) is 0 Å². The maximum absolute atomic E-state index is 9.63. The summed E-state index contributed by atoms with van der Waals surface area (Å²) in [5.74, 6) is 0. The molecule has 1 unspecified atom stereocenters. The van der Waals surface area contributed by atoms with E-state index in [0.29, 0.717) is 13.2 Å². The van der Waals surface area contributed by atoms with Crippen LogP contribution in [0.3, 0.4) is 0 Å². The van der Waals surface area contributed by atoms with Gasteiger partial charge >= 0.3 is 0 Å². The summed E-state index contributed by atoms with van der Waals surface area (Å²) in [7, 11) is 3.54. The first-order chi connectivity index (χ1) is 7.74. The van der Waals surface area contributed by atoms with Crippen LogP contribution in [0, 0.1) is 0 Å². The third-order valence-corrected chi connectivity index (χ3v) is 2.26. The molecular weight excluding hydrogens is 202 g/mol. The standard InChI is InChI=1S/C13H19NO2/c1-14(10-13(15)11-16-2)12-8-6-4-3-5-7-9-12/h3-9,13,15H,10-11H2,1-2H3/b4-3-,5-3?,6-4?,7-5-,8-6-,9-7?,12-8?,12-9+. The van der Waals surface area contributed by atoms with Gasteiger partial charge in [-0.05, 0) is 12.2 Å². The quantitative estimate of drug-likeness (QED) is 0.763. The van der Waals surface area contributed by atoms with Gasteiger partial charge in [0, 0.05) is 26.4 Å². The fraction of sp³-hybridized carbons (Fsp3) is 0.385. The number of allylic oxidation sites excluding steroid dienone is 7. The highest BCUT2D eigenvalue weighted by Crippen LogP contribution is 2.07. The zero-order chi connectivity index (χ0) is 11.8. The maximum atomic E-state index is 9.63. The Morgan fingerprint density at radius 3 is 2.69 bits per heavy atom. The minimum Gasteiger partial charge on any atom is -0.389 e. The smallest absolute Gasteiger partial charge is 0.0947 e. The van der Waals surface area contributed by atoms with Gasteiger partial charge in [0.05, 0.1) is 12.7 Å². The summed E-state index contributed by atoms with van der Waals surface area (Å²) < 4.78 is 4.90. The molecule has 0 saturated heterocycles. The molecular formula is C13H19NO2. The molecule has 3 heteroatoms. The molecule has 0 radical (unpaired) electrons. The van der Waals surface area contributed by atoms with E-state index in [4.69, 9.17) is 4.74 Å². The van der Waals surface area contributed by atoms with Crippen LogP contribution in [0.2, 0.25) is 0 Å². The lowest BCUT2D eigenvalue weighted by atomic mass is 10.2. The summed E-state index contributed by atoms with van der Waals surface area (Å²) in [5, 5.41) is 9.63. The Kier molecular flexibility index (Phi) is 5.61. The summed E-state index contributed by atoms with van der Waals surface area (Å²) in [5.41, 5.74) is 1.07. The predicted octanol–water partition coefficient (Wildman–Crippen LogP) is 1.49. The highest BCUT2D eigenvalue weighted by Gasteiger charge is 2.08. The van der Waals surface area contributed by atoms with Crippen molar-refractivity contribution in [2.45, 2.75) is 6.10 Å². The van der Waals surface area contributed by atoms with Gasteiger partial charge in [0.15, 0.2) is 0 Å². The second-order valence-electron chi connectivity index (χ2n) is 3.71. The van der Waals surface area contributed by atoms with Gasteiger partial charge < -0.3 is 14.7 Å². The zero-order valence-corrected chi connectivity index (χ0v) is 9.84. The molecule has 0 heterocycles. The van der Waals surface area contributed by atoms with Crippen LogP contribution in [-0.2, 0) is 4.74 Å². The van der Waals surface area contributed by atoms with Crippen LogP contribution in [0.15, 0.2) is 48.2 Å². The number of rotatable bonds is 5. The Morgan fingerprint density at radius 1 is 1.25 bits per heavy atom. The first kappa shape index (κ1) is 12.7. The number of hydrogen-bond acceptors (Lipinski definition) is 3. The molecule has 88 valence electrons. The summed E-state index contributed by atoms with van der Waals surface area (Å²) in [4.78, 5) is 2.00. The van der Waals surface area contributed by atoms with E-state index in [1.54, 1.807) is 7.11 Å².